The molecule has 2 aliphatic carbocycles. The van der Waals surface area contributed by atoms with E-state index in [0.29, 0.717) is 12.8 Å². The molecule has 0 aromatic carbocycles. The summed E-state index contributed by atoms with van der Waals surface area (Å²) in [5.41, 5.74) is -5.47. The molecule has 186 valence electrons. The van der Waals surface area contributed by atoms with Crippen molar-refractivity contribution < 1.29 is 34.1 Å². The normalized spacial score (nSPS) is 45.9. The summed E-state index contributed by atoms with van der Waals surface area (Å²) in [6, 6.07) is -1.29. The van der Waals surface area contributed by atoms with Crippen molar-refractivity contribution in [2.75, 3.05) is 14.1 Å². The van der Waals surface area contributed by atoms with Gasteiger partial charge >= 0.3 is 0 Å². The van der Waals surface area contributed by atoms with Gasteiger partial charge in [-0.25, -0.2) is 0 Å². The number of nitrogens with zero attached hydrogens (tertiary/aromatic N) is 2. The molecule has 0 aromatic rings. The Balaban J connectivity index is 2.06. The fraction of sp³-hybridized carbons (Fsp3) is 0.870. The van der Waals surface area contributed by atoms with Gasteiger partial charge in [0.1, 0.15) is 29.1 Å². The highest BCUT2D eigenvalue weighted by Gasteiger charge is 2.84. The summed E-state index contributed by atoms with van der Waals surface area (Å²) in [6.45, 7) is 11.6. The van der Waals surface area contributed by atoms with Gasteiger partial charge in [0.25, 0.3) is 0 Å². The van der Waals surface area contributed by atoms with Crippen molar-refractivity contribution in [3.8, 4) is 0 Å². The van der Waals surface area contributed by atoms with Crippen LogP contribution in [0.4, 0.5) is 0 Å². The molecule has 2 spiro atoms. The van der Waals surface area contributed by atoms with Gasteiger partial charge in [-0.3, -0.25) is 14.4 Å². The van der Waals surface area contributed by atoms with Gasteiger partial charge in [-0.15, -0.1) is 0 Å². The Bertz CT molecular complexity index is 893. The van der Waals surface area contributed by atoms with Crippen LogP contribution in [-0.2, 0) is 18.8 Å². The van der Waals surface area contributed by atoms with Crippen molar-refractivity contribution in [1.82, 2.24) is 9.80 Å². The maximum atomic E-state index is 14.3. The fourth-order valence-corrected chi connectivity index (χ4v) is 8.44. The zero-order valence-electron chi connectivity index (χ0n) is 20.9. The van der Waals surface area contributed by atoms with E-state index in [1.54, 1.807) is 0 Å². The Morgan fingerprint density at radius 3 is 2.18 bits per heavy atom. The van der Waals surface area contributed by atoms with Crippen molar-refractivity contribution in [3.05, 3.63) is 0 Å². The van der Waals surface area contributed by atoms with Gasteiger partial charge in [0.2, 0.25) is 11.8 Å². The van der Waals surface area contributed by atoms with Crippen LogP contribution in [0.3, 0.4) is 0 Å². The van der Waals surface area contributed by atoms with E-state index in [4.69, 9.17) is 4.43 Å². The van der Waals surface area contributed by atoms with Crippen LogP contribution in [0.15, 0.2) is 0 Å². The summed E-state index contributed by atoms with van der Waals surface area (Å²) in [4.78, 5) is 44.3. The van der Waals surface area contributed by atoms with Gasteiger partial charge < -0.3 is 29.5 Å². The molecule has 2 amide bonds. The Kier molecular flexibility index (Phi) is 5.16. The Morgan fingerprint density at radius 2 is 1.64 bits per heavy atom. The van der Waals surface area contributed by atoms with E-state index >= 15 is 0 Å². The number of amides is 2. The first-order chi connectivity index (χ1) is 15.0. The summed E-state index contributed by atoms with van der Waals surface area (Å²) in [5.74, 6) is -1.76. The number of rotatable bonds is 2. The minimum absolute atomic E-state index is 0.142. The minimum Gasteiger partial charge on any atom is -0.413 e. The number of ketones is 1. The average molecular weight is 483 g/mol. The quantitative estimate of drug-likeness (QED) is 0.381. The van der Waals surface area contributed by atoms with Crippen LogP contribution in [0.25, 0.3) is 0 Å². The number of aliphatic hydroxyl groups is 3. The van der Waals surface area contributed by atoms with Crippen LogP contribution in [0, 0.1) is 10.8 Å². The molecule has 7 rings (SSSR count). The lowest BCUT2D eigenvalue weighted by Gasteiger charge is -2.72. The van der Waals surface area contributed by atoms with E-state index in [1.807, 2.05) is 13.1 Å². The number of aliphatic hydroxyl groups excluding tert-OH is 3. The van der Waals surface area contributed by atoms with Gasteiger partial charge in [-0.1, -0.05) is 20.8 Å². The molecule has 2 saturated carbocycles. The van der Waals surface area contributed by atoms with Gasteiger partial charge in [-0.2, -0.15) is 0 Å². The lowest BCUT2D eigenvalue weighted by Crippen LogP contribution is -2.92. The zero-order valence-corrected chi connectivity index (χ0v) is 21.9. The van der Waals surface area contributed by atoms with Crippen molar-refractivity contribution in [2.24, 2.45) is 10.8 Å². The van der Waals surface area contributed by atoms with Crippen molar-refractivity contribution in [3.63, 3.8) is 0 Å². The molecule has 5 saturated heterocycles. The molecule has 9 nitrogen and oxygen atoms in total. The number of piperidine rings is 2. The molecule has 5 heterocycles. The first kappa shape index (κ1) is 24.8. The smallest absolute Gasteiger partial charge is 0.238 e. The van der Waals surface area contributed by atoms with Gasteiger partial charge in [0.15, 0.2) is 14.1 Å². The SMILES string of the molecule is CN1C(=O)[C@]23[C@@H](O[Si](C)(C)C(C)(C)C)CCC[C@]24[C@@H](O)C(=O)[C@@](C)(C(=O)N4C)[C@H]1[C@H](O)[C@@H]3O. The van der Waals surface area contributed by atoms with Crippen molar-refractivity contribution >= 4 is 25.9 Å². The number of carbonyl (C=O) groups excluding carboxylic acids is 3. The molecule has 0 aromatic heterocycles. The monoisotopic (exact) mass is 482 g/mol. The first-order valence-electron chi connectivity index (χ1n) is 11.8. The minimum atomic E-state index is -2.51. The molecular formula is C23H38N2O7Si. The summed E-state index contributed by atoms with van der Waals surface area (Å²) >= 11 is 0. The molecule has 3 N–H and O–H groups in total. The van der Waals surface area contributed by atoms with Crippen LogP contribution < -0.4 is 0 Å². The predicted octanol–water partition coefficient (Wildman–Crippen LogP) is 0.270. The highest BCUT2D eigenvalue weighted by atomic mass is 28.4. The third-order valence-electron chi connectivity index (χ3n) is 9.85. The number of carbonyl (C=O) groups is 3. The molecule has 33 heavy (non-hydrogen) atoms. The third-order valence-corrected chi connectivity index (χ3v) is 14.3. The lowest BCUT2D eigenvalue weighted by molar-refractivity contribution is -0.280. The second-order valence-electron chi connectivity index (χ2n) is 12.2. The average Bonchev–Trinajstić information content (AvgIpc) is 2.72. The van der Waals surface area contributed by atoms with Gasteiger partial charge in [0, 0.05) is 14.1 Å². The molecule has 5 aliphatic heterocycles. The maximum Gasteiger partial charge on any atom is 0.238 e. The summed E-state index contributed by atoms with van der Waals surface area (Å²) in [7, 11) is 0.460. The summed E-state index contributed by atoms with van der Waals surface area (Å²) < 4.78 is 6.76. The van der Waals surface area contributed by atoms with Crippen molar-refractivity contribution in [1.29, 1.82) is 0 Å². The maximum absolute atomic E-state index is 14.3. The summed E-state index contributed by atoms with van der Waals surface area (Å²) in [6.07, 6.45) is -4.69. The largest absolute Gasteiger partial charge is 0.413 e. The topological polar surface area (TPSA) is 128 Å². The summed E-state index contributed by atoms with van der Waals surface area (Å²) in [5, 5.41) is 34.5. The van der Waals surface area contributed by atoms with E-state index in [2.05, 4.69) is 20.8 Å². The van der Waals surface area contributed by atoms with E-state index in [1.165, 1.54) is 30.8 Å². The second-order valence-corrected chi connectivity index (χ2v) is 16.9. The van der Waals surface area contributed by atoms with E-state index in [9.17, 15) is 29.7 Å². The van der Waals surface area contributed by atoms with Gasteiger partial charge in [-0.05, 0) is 44.3 Å². The fourth-order valence-electron chi connectivity index (χ4n) is 7.07. The second kappa shape index (κ2) is 6.87. The molecule has 0 unspecified atom stereocenters. The predicted molar refractivity (Wildman–Crippen MR) is 122 cm³/mol. The van der Waals surface area contributed by atoms with Crippen molar-refractivity contribution in [2.45, 2.75) is 101 Å². The number of likely N-dealkylation sites (N-methyl/N-ethyl adjacent to an activating group) is 2. The molecule has 8 atom stereocenters. The Morgan fingerprint density at radius 1 is 1.06 bits per heavy atom. The molecule has 10 heteroatoms. The zero-order chi connectivity index (χ0) is 25.1. The Hall–Kier alpha value is -1.33. The van der Waals surface area contributed by atoms with Crippen LogP contribution >= 0.6 is 0 Å². The molecule has 0 radical (unpaired) electrons. The number of hydrogen-bond donors (Lipinski definition) is 3. The highest BCUT2D eigenvalue weighted by Crippen LogP contribution is 2.64. The lowest BCUT2D eigenvalue weighted by atomic mass is 9.44. The number of Topliss-reactive ketones (excluding diaryl/α,β-unsaturated/α-hetero) is 1. The van der Waals surface area contributed by atoms with Crippen LogP contribution in [-0.4, -0.2) is 101 Å². The van der Waals surface area contributed by atoms with E-state index < -0.39 is 72.7 Å². The van der Waals surface area contributed by atoms with E-state index in [-0.39, 0.29) is 11.5 Å². The van der Waals surface area contributed by atoms with Crippen LogP contribution in [0.1, 0.15) is 47.0 Å². The van der Waals surface area contributed by atoms with Crippen LogP contribution in [0.2, 0.25) is 18.1 Å². The number of hydrogen-bond acceptors (Lipinski definition) is 7. The molecule has 4 bridgehead atoms. The third kappa shape index (κ3) is 2.49. The Labute approximate surface area is 196 Å². The van der Waals surface area contributed by atoms with E-state index in [0.717, 1.165) is 0 Å². The molecule has 7 aliphatic rings. The van der Waals surface area contributed by atoms with Gasteiger partial charge in [0.05, 0.1) is 17.7 Å². The molecule has 7 fully saturated rings. The first-order valence-corrected chi connectivity index (χ1v) is 14.7. The van der Waals surface area contributed by atoms with Crippen LogP contribution in [0.5, 0.6) is 0 Å². The standard InChI is InChI=1S/C23H38N2O7Si/c1-20(2,3)33(7,8)32-12-10-9-11-22-17(29)16(28)21(4,18(30)25(22)6)14-13(26)15(27)23(12,22)19(31)24(14)5/h12-15,17,26-27,29H,9-11H2,1-8H3/t12-,13-,14+,15-,17-,21-,22-,23+/m0/s1. The highest BCUT2D eigenvalue weighted by molar-refractivity contribution is 6.74. The molecular weight excluding hydrogens is 444 g/mol.